The van der Waals surface area contributed by atoms with E-state index in [9.17, 15) is 30.1 Å². The van der Waals surface area contributed by atoms with Crippen molar-refractivity contribution < 1.29 is 19.7 Å². The minimum Gasteiger partial charge on any atom is -0.506 e. The lowest BCUT2D eigenvalue weighted by Crippen LogP contribution is -2.14. The number of amides is 1. The molecule has 0 radical (unpaired) electrons. The van der Waals surface area contributed by atoms with Crippen molar-refractivity contribution >= 4 is 23.0 Å². The van der Waals surface area contributed by atoms with Crippen LogP contribution in [0.5, 0.6) is 5.75 Å². The summed E-state index contributed by atoms with van der Waals surface area (Å²) in [6.07, 6.45) is 0.866. The lowest BCUT2D eigenvalue weighted by molar-refractivity contribution is -0.385. The van der Waals surface area contributed by atoms with Gasteiger partial charge in [0.1, 0.15) is 11.9 Å². The average Bonchev–Trinajstić information content (AvgIpc) is 2.90. The zero-order valence-electron chi connectivity index (χ0n) is 10.1. The first kappa shape index (κ1) is 13.9. The fraction of sp³-hybridized carbons (Fsp3) is 0. The predicted octanol–water partition coefficient (Wildman–Crippen LogP) is 1.18. The molecule has 1 amide bonds. The number of aromatic hydroxyl groups is 1. The topological polar surface area (TPSA) is 164 Å². The number of nitrogens with zero attached hydrogens (tertiary/aromatic N) is 3. The molecule has 2 rings (SSSR count). The molecule has 0 saturated carbocycles. The lowest BCUT2D eigenvalue weighted by atomic mass is 10.2. The lowest BCUT2D eigenvalue weighted by Gasteiger charge is -2.05. The highest BCUT2D eigenvalue weighted by atomic mass is 16.6. The minimum absolute atomic E-state index is 0.130. The molecule has 21 heavy (non-hydrogen) atoms. The second-order valence-electron chi connectivity index (χ2n) is 3.80. The number of benzene rings is 1. The molecule has 0 bridgehead atoms. The van der Waals surface area contributed by atoms with Crippen LogP contribution in [-0.2, 0) is 0 Å². The zero-order valence-corrected chi connectivity index (χ0v) is 10.1. The van der Waals surface area contributed by atoms with Gasteiger partial charge in [0.15, 0.2) is 0 Å². The van der Waals surface area contributed by atoms with Crippen molar-refractivity contribution in [2.45, 2.75) is 0 Å². The van der Waals surface area contributed by atoms with Gasteiger partial charge in [-0.2, -0.15) is 5.10 Å². The average molecular weight is 293 g/mol. The van der Waals surface area contributed by atoms with Crippen LogP contribution in [0.25, 0.3) is 0 Å². The van der Waals surface area contributed by atoms with E-state index in [1.165, 1.54) is 0 Å². The van der Waals surface area contributed by atoms with E-state index >= 15 is 0 Å². The van der Waals surface area contributed by atoms with E-state index in [-0.39, 0.29) is 11.4 Å². The third-order valence-electron chi connectivity index (χ3n) is 2.48. The number of carbonyl (C=O) groups is 1. The fourth-order valence-electron chi connectivity index (χ4n) is 1.51. The van der Waals surface area contributed by atoms with Crippen LogP contribution in [0, 0.1) is 20.2 Å². The Morgan fingerprint density at radius 1 is 1.29 bits per heavy atom. The molecule has 0 aliphatic rings. The minimum atomic E-state index is -0.914. The number of nitro groups is 2. The molecule has 2 aromatic rings. The second kappa shape index (κ2) is 5.24. The van der Waals surface area contributed by atoms with Crippen LogP contribution < -0.4 is 5.32 Å². The number of phenols is 1. The number of nitro benzene ring substituents is 1. The van der Waals surface area contributed by atoms with Gasteiger partial charge in [-0.15, -0.1) is 0 Å². The Balaban J connectivity index is 2.26. The van der Waals surface area contributed by atoms with Crippen molar-refractivity contribution in [1.29, 1.82) is 0 Å². The summed E-state index contributed by atoms with van der Waals surface area (Å²) in [5.41, 5.74) is -1.43. The number of hydrogen-bond donors (Lipinski definition) is 3. The number of phenolic OH excluding ortho intramolecular Hbond substituents is 1. The van der Waals surface area contributed by atoms with Gasteiger partial charge in [-0.3, -0.25) is 30.1 Å². The standard InChI is InChI=1S/C10H7N5O6/c16-8-3-5(14(18)19)1-2-6(8)12-10(17)9-7(15(20)21)4-11-13-9/h1-4,16H,(H,11,13)(H,12,17). The Kier molecular flexibility index (Phi) is 3.47. The number of non-ortho nitro benzene ring substituents is 1. The first-order valence-electron chi connectivity index (χ1n) is 5.36. The second-order valence-corrected chi connectivity index (χ2v) is 3.80. The molecule has 0 atom stereocenters. The van der Waals surface area contributed by atoms with Gasteiger partial charge in [-0.25, -0.2) is 0 Å². The van der Waals surface area contributed by atoms with E-state index in [1.807, 2.05) is 0 Å². The first-order chi connectivity index (χ1) is 9.90. The largest absolute Gasteiger partial charge is 0.506 e. The molecule has 11 heteroatoms. The van der Waals surface area contributed by atoms with E-state index < -0.39 is 32.9 Å². The number of H-pyrrole nitrogens is 1. The van der Waals surface area contributed by atoms with Crippen LogP contribution >= 0.6 is 0 Å². The number of carbonyl (C=O) groups excluding carboxylic acids is 1. The van der Waals surface area contributed by atoms with E-state index in [2.05, 4.69) is 15.5 Å². The van der Waals surface area contributed by atoms with E-state index in [0.29, 0.717) is 0 Å². The molecule has 108 valence electrons. The molecule has 1 heterocycles. The summed E-state index contributed by atoms with van der Waals surface area (Å²) in [7, 11) is 0. The Bertz CT molecular complexity index is 739. The van der Waals surface area contributed by atoms with E-state index in [0.717, 1.165) is 24.4 Å². The maximum Gasteiger partial charge on any atom is 0.319 e. The summed E-state index contributed by atoms with van der Waals surface area (Å²) < 4.78 is 0. The number of rotatable bonds is 4. The highest BCUT2D eigenvalue weighted by Gasteiger charge is 2.23. The molecule has 1 aromatic heterocycles. The normalized spacial score (nSPS) is 10.1. The number of aromatic nitrogens is 2. The quantitative estimate of drug-likeness (QED) is 0.432. The van der Waals surface area contributed by atoms with Crippen molar-refractivity contribution in [3.05, 3.63) is 50.3 Å². The molecule has 0 aliphatic heterocycles. The SMILES string of the molecule is O=C(Nc1ccc([N+](=O)[O-])cc1O)c1[nH]ncc1[N+](=O)[O-]. The van der Waals surface area contributed by atoms with Gasteiger partial charge in [-0.1, -0.05) is 0 Å². The monoisotopic (exact) mass is 293 g/mol. The Morgan fingerprint density at radius 3 is 2.57 bits per heavy atom. The van der Waals surface area contributed by atoms with Gasteiger partial charge in [0, 0.05) is 6.07 Å². The van der Waals surface area contributed by atoms with Crippen molar-refractivity contribution in [1.82, 2.24) is 10.2 Å². The predicted molar refractivity (Wildman–Crippen MR) is 68.0 cm³/mol. The van der Waals surface area contributed by atoms with Gasteiger partial charge in [-0.05, 0) is 6.07 Å². The van der Waals surface area contributed by atoms with Crippen molar-refractivity contribution in [3.8, 4) is 5.75 Å². The van der Waals surface area contributed by atoms with Crippen molar-refractivity contribution in [3.63, 3.8) is 0 Å². The number of anilines is 1. The zero-order chi connectivity index (χ0) is 15.6. The fourth-order valence-corrected chi connectivity index (χ4v) is 1.51. The van der Waals surface area contributed by atoms with Crippen LogP contribution in [0.2, 0.25) is 0 Å². The summed E-state index contributed by atoms with van der Waals surface area (Å²) in [6.45, 7) is 0. The summed E-state index contributed by atoms with van der Waals surface area (Å²) in [5.74, 6) is -1.46. The summed E-state index contributed by atoms with van der Waals surface area (Å²) in [6, 6.07) is 3.02. The Labute approximate surface area is 115 Å². The smallest absolute Gasteiger partial charge is 0.319 e. The van der Waals surface area contributed by atoms with Crippen molar-refractivity contribution in [2.24, 2.45) is 0 Å². The number of aromatic amines is 1. The van der Waals surface area contributed by atoms with Crippen molar-refractivity contribution in [2.75, 3.05) is 5.32 Å². The first-order valence-corrected chi connectivity index (χ1v) is 5.36. The summed E-state index contributed by atoms with van der Waals surface area (Å²) >= 11 is 0. The molecule has 3 N–H and O–H groups in total. The summed E-state index contributed by atoms with van der Waals surface area (Å²) in [5, 5.41) is 38.5. The molecule has 11 nitrogen and oxygen atoms in total. The van der Waals surface area contributed by atoms with Gasteiger partial charge in [0.25, 0.3) is 11.6 Å². The van der Waals surface area contributed by atoms with E-state index in [4.69, 9.17) is 0 Å². The van der Waals surface area contributed by atoms with Crippen LogP contribution in [-0.4, -0.2) is 31.1 Å². The number of hydrogen-bond acceptors (Lipinski definition) is 7. The van der Waals surface area contributed by atoms with Crippen LogP contribution in [0.4, 0.5) is 17.1 Å². The third kappa shape index (κ3) is 2.75. The maximum atomic E-state index is 11.8. The van der Waals surface area contributed by atoms with Gasteiger partial charge in [0.05, 0.1) is 21.6 Å². The molecular formula is C10H7N5O6. The molecule has 0 saturated heterocycles. The third-order valence-corrected chi connectivity index (χ3v) is 2.48. The highest BCUT2D eigenvalue weighted by molar-refractivity contribution is 6.06. The Morgan fingerprint density at radius 2 is 2.00 bits per heavy atom. The highest BCUT2D eigenvalue weighted by Crippen LogP contribution is 2.28. The van der Waals surface area contributed by atoms with Gasteiger partial charge in [0.2, 0.25) is 5.69 Å². The molecular weight excluding hydrogens is 286 g/mol. The molecule has 0 aliphatic carbocycles. The van der Waals surface area contributed by atoms with Crippen LogP contribution in [0.1, 0.15) is 10.5 Å². The van der Waals surface area contributed by atoms with Gasteiger partial charge < -0.3 is 10.4 Å². The molecule has 0 fully saturated rings. The van der Waals surface area contributed by atoms with Crippen LogP contribution in [0.3, 0.4) is 0 Å². The number of nitrogens with one attached hydrogen (secondary N) is 2. The molecule has 0 spiro atoms. The summed E-state index contributed by atoms with van der Waals surface area (Å²) in [4.78, 5) is 31.5. The van der Waals surface area contributed by atoms with E-state index in [1.54, 1.807) is 0 Å². The van der Waals surface area contributed by atoms with Gasteiger partial charge >= 0.3 is 5.69 Å². The maximum absolute atomic E-state index is 11.8. The molecule has 1 aromatic carbocycles. The van der Waals surface area contributed by atoms with Crippen LogP contribution in [0.15, 0.2) is 24.4 Å². The molecule has 0 unspecified atom stereocenters. The Hall–Kier alpha value is -3.50.